The van der Waals surface area contributed by atoms with Crippen molar-refractivity contribution < 1.29 is 9.47 Å². The van der Waals surface area contributed by atoms with Gasteiger partial charge in [-0.05, 0) is 33.6 Å². The summed E-state index contributed by atoms with van der Waals surface area (Å²) in [4.78, 5) is 0. The molecule has 0 amide bonds. The molecule has 0 spiro atoms. The predicted octanol–water partition coefficient (Wildman–Crippen LogP) is 3.11. The Morgan fingerprint density at radius 3 is 2.62 bits per heavy atom. The second kappa shape index (κ2) is 4.43. The van der Waals surface area contributed by atoms with Crippen molar-refractivity contribution in [2.24, 2.45) is 0 Å². The lowest BCUT2D eigenvalue weighted by atomic mass is 9.99. The fraction of sp³-hybridized carbons (Fsp3) is 1.00. The maximum absolute atomic E-state index is 5.82. The molecule has 0 bridgehead atoms. The zero-order chi connectivity index (χ0) is 9.90. The van der Waals surface area contributed by atoms with E-state index in [1.54, 1.807) is 0 Å². The van der Waals surface area contributed by atoms with E-state index in [1.807, 2.05) is 0 Å². The molecule has 0 unspecified atom stereocenters. The number of hydrogen-bond acceptors (Lipinski definition) is 2. The molecule has 2 nitrogen and oxygen atoms in total. The van der Waals surface area contributed by atoms with Gasteiger partial charge in [-0.2, -0.15) is 0 Å². The molecule has 1 aliphatic rings. The molecule has 1 fully saturated rings. The summed E-state index contributed by atoms with van der Waals surface area (Å²) in [5, 5.41) is 0. The van der Waals surface area contributed by atoms with Gasteiger partial charge in [-0.3, -0.25) is 0 Å². The molecule has 1 aliphatic heterocycles. The molecule has 0 aliphatic carbocycles. The van der Waals surface area contributed by atoms with Crippen LogP contribution in [-0.4, -0.2) is 18.0 Å². The number of unbranched alkanes of at least 4 members (excludes halogenated alkanes) is 1. The van der Waals surface area contributed by atoms with E-state index in [2.05, 4.69) is 27.7 Å². The lowest BCUT2D eigenvalue weighted by Crippen LogP contribution is -2.42. The van der Waals surface area contributed by atoms with E-state index in [0.717, 1.165) is 12.8 Å². The molecule has 2 atom stereocenters. The van der Waals surface area contributed by atoms with E-state index < -0.39 is 0 Å². The lowest BCUT2D eigenvalue weighted by Gasteiger charge is -2.39. The Kier molecular flexibility index (Phi) is 3.74. The van der Waals surface area contributed by atoms with Crippen molar-refractivity contribution in [1.82, 2.24) is 0 Å². The summed E-state index contributed by atoms with van der Waals surface area (Å²) in [6, 6.07) is 0. The third-order valence-electron chi connectivity index (χ3n) is 2.41. The van der Waals surface area contributed by atoms with E-state index in [9.17, 15) is 0 Å². The van der Waals surface area contributed by atoms with E-state index in [1.165, 1.54) is 12.8 Å². The minimum atomic E-state index is -0.00389. The van der Waals surface area contributed by atoms with Crippen molar-refractivity contribution in [1.29, 1.82) is 0 Å². The van der Waals surface area contributed by atoms with Crippen LogP contribution in [0.25, 0.3) is 0 Å². The van der Waals surface area contributed by atoms with Crippen molar-refractivity contribution in [3.05, 3.63) is 0 Å². The average Bonchev–Trinajstić information content (AvgIpc) is 1.97. The van der Waals surface area contributed by atoms with Crippen molar-refractivity contribution in [3.63, 3.8) is 0 Å². The molecule has 0 aromatic rings. The average molecular weight is 186 g/mol. The fourth-order valence-corrected chi connectivity index (χ4v) is 1.93. The Balaban J connectivity index is 2.38. The van der Waals surface area contributed by atoms with Gasteiger partial charge >= 0.3 is 0 Å². The Morgan fingerprint density at radius 1 is 1.38 bits per heavy atom. The summed E-state index contributed by atoms with van der Waals surface area (Å²) in [6.45, 7) is 8.61. The van der Waals surface area contributed by atoms with Crippen LogP contribution in [0.15, 0.2) is 0 Å². The monoisotopic (exact) mass is 186 g/mol. The molecule has 0 N–H and O–H groups in total. The Labute approximate surface area is 81.6 Å². The highest BCUT2D eigenvalue weighted by molar-refractivity contribution is 4.77. The van der Waals surface area contributed by atoms with Gasteiger partial charge in [0.15, 0.2) is 6.29 Å². The molecule has 0 aromatic heterocycles. The van der Waals surface area contributed by atoms with E-state index >= 15 is 0 Å². The molecule has 0 aromatic carbocycles. The first-order chi connectivity index (χ1) is 6.03. The van der Waals surface area contributed by atoms with Gasteiger partial charge < -0.3 is 9.47 Å². The Morgan fingerprint density at radius 2 is 2.08 bits per heavy atom. The second-order valence-corrected chi connectivity index (χ2v) is 4.60. The van der Waals surface area contributed by atoms with Gasteiger partial charge in [0.05, 0.1) is 11.7 Å². The molecule has 2 heteroatoms. The summed E-state index contributed by atoms with van der Waals surface area (Å²) in [5.41, 5.74) is -0.00389. The summed E-state index contributed by atoms with van der Waals surface area (Å²) >= 11 is 0. The normalized spacial score (nSPS) is 33.2. The molecule has 1 saturated heterocycles. The standard InChI is InChI=1S/C11H22O2/c1-5-6-7-10-12-9(2)8-11(3,4)13-10/h9-10H,5-8H2,1-4H3/t9-,10-/m1/s1. The third-order valence-corrected chi connectivity index (χ3v) is 2.41. The van der Waals surface area contributed by atoms with Crippen LogP contribution in [0.1, 0.15) is 53.4 Å². The van der Waals surface area contributed by atoms with E-state index in [0.29, 0.717) is 6.10 Å². The highest BCUT2D eigenvalue weighted by atomic mass is 16.7. The van der Waals surface area contributed by atoms with Gasteiger partial charge in [0.1, 0.15) is 0 Å². The maximum Gasteiger partial charge on any atom is 0.158 e. The van der Waals surface area contributed by atoms with Crippen molar-refractivity contribution >= 4 is 0 Å². The topological polar surface area (TPSA) is 18.5 Å². The fourth-order valence-electron chi connectivity index (χ4n) is 1.93. The first kappa shape index (κ1) is 11.0. The van der Waals surface area contributed by atoms with E-state index in [-0.39, 0.29) is 11.9 Å². The number of rotatable bonds is 3. The molecular formula is C11H22O2. The molecule has 13 heavy (non-hydrogen) atoms. The highest BCUT2D eigenvalue weighted by Gasteiger charge is 2.32. The lowest BCUT2D eigenvalue weighted by molar-refractivity contribution is -0.270. The second-order valence-electron chi connectivity index (χ2n) is 4.60. The smallest absolute Gasteiger partial charge is 0.158 e. The summed E-state index contributed by atoms with van der Waals surface area (Å²) in [7, 11) is 0. The molecular weight excluding hydrogens is 164 g/mol. The van der Waals surface area contributed by atoms with Crippen molar-refractivity contribution in [2.75, 3.05) is 0 Å². The first-order valence-electron chi connectivity index (χ1n) is 5.37. The van der Waals surface area contributed by atoms with Crippen LogP contribution in [0, 0.1) is 0 Å². The van der Waals surface area contributed by atoms with Crippen LogP contribution < -0.4 is 0 Å². The molecule has 78 valence electrons. The minimum absolute atomic E-state index is 0.00389. The van der Waals surface area contributed by atoms with Gasteiger partial charge in [0.2, 0.25) is 0 Å². The summed E-state index contributed by atoms with van der Waals surface area (Å²) in [5.74, 6) is 0. The molecule has 0 saturated carbocycles. The van der Waals surface area contributed by atoms with Crippen LogP contribution >= 0.6 is 0 Å². The summed E-state index contributed by atoms with van der Waals surface area (Å²) in [6.07, 6.45) is 4.79. The van der Waals surface area contributed by atoms with Gasteiger partial charge in [-0.15, -0.1) is 0 Å². The van der Waals surface area contributed by atoms with Gasteiger partial charge in [0.25, 0.3) is 0 Å². The molecule has 1 heterocycles. The zero-order valence-electron chi connectivity index (χ0n) is 9.30. The van der Waals surface area contributed by atoms with Crippen LogP contribution in [0.5, 0.6) is 0 Å². The molecule has 0 radical (unpaired) electrons. The van der Waals surface area contributed by atoms with Gasteiger partial charge in [-0.25, -0.2) is 0 Å². The van der Waals surface area contributed by atoms with Crippen LogP contribution in [0.2, 0.25) is 0 Å². The largest absolute Gasteiger partial charge is 0.350 e. The Bertz CT molecular complexity index is 154. The van der Waals surface area contributed by atoms with Gasteiger partial charge in [-0.1, -0.05) is 13.3 Å². The SMILES string of the molecule is CCCC[C@@H]1O[C@H](C)CC(C)(C)O1. The minimum Gasteiger partial charge on any atom is -0.350 e. The molecule has 1 rings (SSSR count). The quantitative estimate of drug-likeness (QED) is 0.674. The van der Waals surface area contributed by atoms with Crippen molar-refractivity contribution in [3.8, 4) is 0 Å². The van der Waals surface area contributed by atoms with Gasteiger partial charge in [0, 0.05) is 6.42 Å². The first-order valence-corrected chi connectivity index (χ1v) is 5.37. The predicted molar refractivity (Wildman–Crippen MR) is 53.6 cm³/mol. The summed E-state index contributed by atoms with van der Waals surface area (Å²) < 4.78 is 11.5. The number of ether oxygens (including phenoxy) is 2. The zero-order valence-corrected chi connectivity index (χ0v) is 9.30. The van der Waals surface area contributed by atoms with E-state index in [4.69, 9.17) is 9.47 Å². The van der Waals surface area contributed by atoms with Crippen LogP contribution in [-0.2, 0) is 9.47 Å². The third kappa shape index (κ3) is 3.65. The Hall–Kier alpha value is -0.0800. The number of hydrogen-bond donors (Lipinski definition) is 0. The van der Waals surface area contributed by atoms with Crippen molar-refractivity contribution in [2.45, 2.75) is 71.4 Å². The maximum atomic E-state index is 5.82. The van der Waals surface area contributed by atoms with Crippen LogP contribution in [0.4, 0.5) is 0 Å². The van der Waals surface area contributed by atoms with Crippen LogP contribution in [0.3, 0.4) is 0 Å². The highest BCUT2D eigenvalue weighted by Crippen LogP contribution is 2.29.